The summed E-state index contributed by atoms with van der Waals surface area (Å²) in [5.41, 5.74) is 1.49. The Balaban J connectivity index is 2.06. The smallest absolute Gasteiger partial charge is 0.337 e. The second-order valence-electron chi connectivity index (χ2n) is 4.53. The third kappa shape index (κ3) is 2.10. The monoisotopic (exact) mass is 280 g/mol. The largest absolute Gasteiger partial charge is 0.478 e. The minimum Gasteiger partial charge on any atom is -0.478 e. The van der Waals surface area contributed by atoms with Gasteiger partial charge in [-0.1, -0.05) is 11.6 Å². The summed E-state index contributed by atoms with van der Waals surface area (Å²) in [4.78, 5) is 16.8. The zero-order valence-electron chi connectivity index (χ0n) is 9.81. The third-order valence-electron chi connectivity index (χ3n) is 3.17. The molecule has 6 heteroatoms. The SMILES string of the molecule is O=C(O)c1cnc2cc(N3CC(F)C3)c(Cl)cc2c1. The van der Waals surface area contributed by atoms with Crippen LogP contribution in [0.1, 0.15) is 10.4 Å². The number of carboxylic acid groups (broad SMARTS) is 1. The van der Waals surface area contributed by atoms with Gasteiger partial charge in [0.25, 0.3) is 0 Å². The van der Waals surface area contributed by atoms with E-state index < -0.39 is 12.1 Å². The second kappa shape index (κ2) is 4.35. The van der Waals surface area contributed by atoms with E-state index >= 15 is 0 Å². The molecule has 0 aliphatic carbocycles. The van der Waals surface area contributed by atoms with Crippen LogP contribution in [0.5, 0.6) is 0 Å². The van der Waals surface area contributed by atoms with E-state index in [0.29, 0.717) is 29.0 Å². The van der Waals surface area contributed by atoms with Gasteiger partial charge in [-0.25, -0.2) is 9.18 Å². The van der Waals surface area contributed by atoms with Crippen molar-refractivity contribution in [2.75, 3.05) is 18.0 Å². The van der Waals surface area contributed by atoms with E-state index in [-0.39, 0.29) is 5.56 Å². The molecule has 98 valence electrons. The molecule has 0 atom stereocenters. The lowest BCUT2D eigenvalue weighted by Gasteiger charge is -2.37. The van der Waals surface area contributed by atoms with Crippen molar-refractivity contribution in [3.05, 3.63) is 35.0 Å². The molecule has 0 amide bonds. The van der Waals surface area contributed by atoms with Crippen LogP contribution in [-0.2, 0) is 0 Å². The lowest BCUT2D eigenvalue weighted by Crippen LogP contribution is -2.48. The molecule has 2 aromatic rings. The molecule has 1 aliphatic rings. The maximum Gasteiger partial charge on any atom is 0.337 e. The summed E-state index contributed by atoms with van der Waals surface area (Å²) in [6, 6.07) is 4.95. The summed E-state index contributed by atoms with van der Waals surface area (Å²) in [6.45, 7) is 0.664. The van der Waals surface area contributed by atoms with E-state index in [9.17, 15) is 9.18 Å². The van der Waals surface area contributed by atoms with Crippen molar-refractivity contribution >= 4 is 34.2 Å². The van der Waals surface area contributed by atoms with Crippen molar-refractivity contribution in [2.45, 2.75) is 6.17 Å². The van der Waals surface area contributed by atoms with Crippen molar-refractivity contribution in [3.8, 4) is 0 Å². The van der Waals surface area contributed by atoms with Gasteiger partial charge in [0, 0.05) is 11.6 Å². The average molecular weight is 281 g/mol. The molecule has 0 spiro atoms. The fourth-order valence-electron chi connectivity index (χ4n) is 2.12. The van der Waals surface area contributed by atoms with Gasteiger partial charge in [0.15, 0.2) is 0 Å². The number of carboxylic acids is 1. The maximum absolute atomic E-state index is 12.9. The highest BCUT2D eigenvalue weighted by Crippen LogP contribution is 2.33. The summed E-state index contributed by atoms with van der Waals surface area (Å²) in [6.07, 6.45) is 0.491. The molecule has 19 heavy (non-hydrogen) atoms. The predicted octanol–water partition coefficient (Wildman–Crippen LogP) is 2.74. The van der Waals surface area contributed by atoms with E-state index in [1.54, 1.807) is 12.1 Å². The van der Waals surface area contributed by atoms with Gasteiger partial charge in [-0.05, 0) is 18.2 Å². The highest BCUT2D eigenvalue weighted by atomic mass is 35.5. The number of hydrogen-bond donors (Lipinski definition) is 1. The minimum absolute atomic E-state index is 0.115. The van der Waals surface area contributed by atoms with E-state index in [0.717, 1.165) is 5.69 Å². The lowest BCUT2D eigenvalue weighted by atomic mass is 10.1. The first-order valence-electron chi connectivity index (χ1n) is 5.76. The first kappa shape index (κ1) is 12.2. The average Bonchev–Trinajstić information content (AvgIpc) is 2.33. The summed E-state index contributed by atoms with van der Waals surface area (Å²) in [5.74, 6) is -1.03. The number of nitrogens with zero attached hydrogens (tertiary/aromatic N) is 2. The molecule has 0 radical (unpaired) electrons. The molecule has 1 aromatic heterocycles. The van der Waals surface area contributed by atoms with E-state index in [1.807, 2.05) is 4.90 Å². The van der Waals surface area contributed by atoms with Crippen LogP contribution in [-0.4, -0.2) is 35.3 Å². The topological polar surface area (TPSA) is 53.4 Å². The van der Waals surface area contributed by atoms with Crippen molar-refractivity contribution in [1.29, 1.82) is 0 Å². The van der Waals surface area contributed by atoms with Crippen LogP contribution in [0.3, 0.4) is 0 Å². The van der Waals surface area contributed by atoms with Gasteiger partial charge < -0.3 is 10.0 Å². The molecule has 4 nitrogen and oxygen atoms in total. The molecule has 0 bridgehead atoms. The highest BCUT2D eigenvalue weighted by Gasteiger charge is 2.28. The molecule has 0 unspecified atom stereocenters. The Morgan fingerprint density at radius 1 is 1.42 bits per heavy atom. The maximum atomic E-state index is 12.9. The molecular weight excluding hydrogens is 271 g/mol. The standard InChI is InChI=1S/C13H10ClFN2O2/c14-10-2-7-1-8(13(18)19)4-16-11(7)3-12(10)17-5-9(15)6-17/h1-4,9H,5-6H2,(H,18,19). The van der Waals surface area contributed by atoms with Crippen LogP contribution in [0.4, 0.5) is 10.1 Å². The van der Waals surface area contributed by atoms with Gasteiger partial charge >= 0.3 is 5.97 Å². The Labute approximate surface area is 113 Å². The summed E-state index contributed by atoms with van der Waals surface area (Å²) < 4.78 is 12.9. The van der Waals surface area contributed by atoms with Crippen molar-refractivity contribution in [2.24, 2.45) is 0 Å². The molecule has 1 aliphatic heterocycles. The lowest BCUT2D eigenvalue weighted by molar-refractivity contribution is 0.0696. The number of rotatable bonds is 2. The number of anilines is 1. The van der Waals surface area contributed by atoms with Crippen molar-refractivity contribution < 1.29 is 14.3 Å². The molecule has 0 saturated carbocycles. The minimum atomic E-state index is -1.03. The number of fused-ring (bicyclic) bond motifs is 1. The van der Waals surface area contributed by atoms with E-state index in [4.69, 9.17) is 16.7 Å². The fourth-order valence-corrected chi connectivity index (χ4v) is 2.41. The molecular formula is C13H10ClFN2O2. The Kier molecular flexibility index (Phi) is 2.78. The van der Waals surface area contributed by atoms with Crippen LogP contribution in [0, 0.1) is 0 Å². The molecule has 1 aromatic carbocycles. The van der Waals surface area contributed by atoms with Gasteiger partial charge in [-0.15, -0.1) is 0 Å². The number of carbonyl (C=O) groups is 1. The second-order valence-corrected chi connectivity index (χ2v) is 4.93. The van der Waals surface area contributed by atoms with Crippen molar-refractivity contribution in [1.82, 2.24) is 4.98 Å². The number of aromatic carboxylic acids is 1. The number of halogens is 2. The molecule has 1 saturated heterocycles. The Hall–Kier alpha value is -1.88. The number of hydrogen-bond acceptors (Lipinski definition) is 3. The Bertz CT molecular complexity index is 671. The summed E-state index contributed by atoms with van der Waals surface area (Å²) in [7, 11) is 0. The Morgan fingerprint density at radius 3 is 2.79 bits per heavy atom. The molecule has 1 fully saturated rings. The van der Waals surface area contributed by atoms with E-state index in [2.05, 4.69) is 4.98 Å². The van der Waals surface area contributed by atoms with E-state index in [1.165, 1.54) is 12.3 Å². The first-order valence-corrected chi connectivity index (χ1v) is 6.14. The predicted molar refractivity (Wildman–Crippen MR) is 70.8 cm³/mol. The zero-order valence-corrected chi connectivity index (χ0v) is 10.6. The molecule has 3 rings (SSSR count). The number of aromatic nitrogens is 1. The third-order valence-corrected chi connectivity index (χ3v) is 3.48. The highest BCUT2D eigenvalue weighted by molar-refractivity contribution is 6.34. The van der Waals surface area contributed by atoms with Gasteiger partial charge in [-0.3, -0.25) is 4.98 Å². The van der Waals surface area contributed by atoms with Gasteiger partial charge in [0.05, 0.1) is 34.9 Å². The van der Waals surface area contributed by atoms with Gasteiger partial charge in [-0.2, -0.15) is 0 Å². The molecule has 2 heterocycles. The summed E-state index contributed by atoms with van der Waals surface area (Å²) >= 11 is 6.15. The van der Waals surface area contributed by atoms with Crippen LogP contribution in [0.25, 0.3) is 10.9 Å². The normalized spacial score (nSPS) is 15.6. The quantitative estimate of drug-likeness (QED) is 0.919. The summed E-state index contributed by atoms with van der Waals surface area (Å²) in [5, 5.41) is 10.0. The van der Waals surface area contributed by atoms with Crippen LogP contribution in [0.15, 0.2) is 24.4 Å². The Morgan fingerprint density at radius 2 is 2.16 bits per heavy atom. The first-order chi connectivity index (χ1) is 9.04. The molecule has 1 N–H and O–H groups in total. The fraction of sp³-hybridized carbons (Fsp3) is 0.231. The zero-order chi connectivity index (χ0) is 13.6. The van der Waals surface area contributed by atoms with Crippen LogP contribution < -0.4 is 4.90 Å². The van der Waals surface area contributed by atoms with Crippen LogP contribution in [0.2, 0.25) is 5.02 Å². The number of alkyl halides is 1. The number of pyridine rings is 1. The van der Waals surface area contributed by atoms with Crippen molar-refractivity contribution in [3.63, 3.8) is 0 Å². The van der Waals surface area contributed by atoms with Gasteiger partial charge in [0.2, 0.25) is 0 Å². The number of benzene rings is 1. The van der Waals surface area contributed by atoms with Gasteiger partial charge in [0.1, 0.15) is 6.17 Å². The van der Waals surface area contributed by atoms with Crippen LogP contribution >= 0.6 is 11.6 Å².